The van der Waals surface area contributed by atoms with Gasteiger partial charge in [-0.1, -0.05) is 55.9 Å². The maximum Gasteiger partial charge on any atom is 0.389 e. The number of sulfonamides is 1. The topological polar surface area (TPSA) is 68.1 Å². The molecule has 0 unspecified atom stereocenters. The third-order valence-corrected chi connectivity index (χ3v) is 7.68. The number of thioether (sulfide) groups is 1. The second kappa shape index (κ2) is 10.1. The Balaban J connectivity index is 2.05. The minimum absolute atomic E-state index is 0.118. The lowest BCUT2D eigenvalue weighted by Gasteiger charge is -2.19. The van der Waals surface area contributed by atoms with Crippen LogP contribution in [0.1, 0.15) is 20.3 Å². The van der Waals surface area contributed by atoms with E-state index < -0.39 is 22.6 Å². The van der Waals surface area contributed by atoms with Gasteiger partial charge in [-0.3, -0.25) is 4.57 Å². The number of hydrogen-bond donors (Lipinski definition) is 0. The van der Waals surface area contributed by atoms with Crippen LogP contribution in [0.15, 0.2) is 64.6 Å². The summed E-state index contributed by atoms with van der Waals surface area (Å²) >= 11 is 0.949. The number of halogens is 3. The van der Waals surface area contributed by atoms with Gasteiger partial charge in [-0.15, -0.1) is 10.2 Å². The van der Waals surface area contributed by atoms with Crippen molar-refractivity contribution in [3.63, 3.8) is 0 Å². The molecule has 0 aliphatic carbocycles. The van der Waals surface area contributed by atoms with E-state index in [0.29, 0.717) is 35.3 Å². The number of aromatic nitrogens is 3. The summed E-state index contributed by atoms with van der Waals surface area (Å²) in [5.74, 6) is 0.146. The predicted molar refractivity (Wildman–Crippen MR) is 118 cm³/mol. The minimum atomic E-state index is -4.26. The first-order chi connectivity index (χ1) is 15.2. The zero-order chi connectivity index (χ0) is 23.4. The van der Waals surface area contributed by atoms with Gasteiger partial charge in [0, 0.05) is 30.1 Å². The average Bonchev–Trinajstić information content (AvgIpc) is 3.18. The van der Waals surface area contributed by atoms with E-state index in [1.165, 1.54) is 16.4 Å². The molecule has 0 saturated heterocycles. The highest BCUT2D eigenvalue weighted by molar-refractivity contribution is 7.99. The number of hydrogen-bond acceptors (Lipinski definition) is 5. The molecular formula is C21H23F3N4O2S2. The highest BCUT2D eigenvalue weighted by atomic mass is 32.2. The van der Waals surface area contributed by atoms with Crippen molar-refractivity contribution in [1.82, 2.24) is 19.1 Å². The van der Waals surface area contributed by atoms with E-state index in [2.05, 4.69) is 10.2 Å². The molecule has 2 aromatic carbocycles. The summed E-state index contributed by atoms with van der Waals surface area (Å²) in [5, 5.41) is 8.58. The van der Waals surface area contributed by atoms with Gasteiger partial charge in [0.1, 0.15) is 0 Å². The molecule has 0 atom stereocenters. The number of alkyl halides is 3. The molecule has 6 nitrogen and oxygen atoms in total. The molecule has 1 aromatic heterocycles. The van der Waals surface area contributed by atoms with Crippen LogP contribution in [0.2, 0.25) is 0 Å². The normalized spacial score (nSPS) is 12.4. The Morgan fingerprint density at radius 3 is 2.31 bits per heavy atom. The zero-order valence-electron chi connectivity index (χ0n) is 17.6. The van der Waals surface area contributed by atoms with Crippen LogP contribution in [0.4, 0.5) is 13.2 Å². The Morgan fingerprint density at radius 2 is 1.69 bits per heavy atom. The fourth-order valence-electron chi connectivity index (χ4n) is 3.13. The molecule has 3 aromatic rings. The fourth-order valence-corrected chi connectivity index (χ4v) is 5.57. The summed E-state index contributed by atoms with van der Waals surface area (Å²) in [6.07, 6.45) is -5.22. The molecule has 0 aliphatic rings. The van der Waals surface area contributed by atoms with Crippen LogP contribution in [-0.4, -0.2) is 52.5 Å². The summed E-state index contributed by atoms with van der Waals surface area (Å²) in [6, 6.07) is 15.3. The van der Waals surface area contributed by atoms with Crippen molar-refractivity contribution in [2.75, 3.05) is 18.8 Å². The highest BCUT2D eigenvalue weighted by Crippen LogP contribution is 2.31. The van der Waals surface area contributed by atoms with Crippen LogP contribution in [0.3, 0.4) is 0 Å². The maximum atomic E-state index is 12.9. The Morgan fingerprint density at radius 1 is 1.00 bits per heavy atom. The number of rotatable bonds is 9. The van der Waals surface area contributed by atoms with Gasteiger partial charge in [-0.2, -0.15) is 17.5 Å². The van der Waals surface area contributed by atoms with Gasteiger partial charge in [0.15, 0.2) is 11.0 Å². The summed E-state index contributed by atoms with van der Waals surface area (Å²) in [6.45, 7) is 4.20. The first kappa shape index (κ1) is 24.3. The smallest absolute Gasteiger partial charge is 0.270 e. The molecule has 0 N–H and O–H groups in total. The summed E-state index contributed by atoms with van der Waals surface area (Å²) in [7, 11) is -3.69. The molecule has 0 fully saturated rings. The molecule has 0 saturated carbocycles. The molecule has 172 valence electrons. The molecule has 0 amide bonds. The van der Waals surface area contributed by atoms with Crippen molar-refractivity contribution < 1.29 is 21.6 Å². The lowest BCUT2D eigenvalue weighted by Crippen LogP contribution is -2.30. The molecule has 1 heterocycles. The zero-order valence-corrected chi connectivity index (χ0v) is 19.2. The monoisotopic (exact) mass is 484 g/mol. The third kappa shape index (κ3) is 5.51. The van der Waals surface area contributed by atoms with Gasteiger partial charge in [0.25, 0.3) is 0 Å². The minimum Gasteiger partial charge on any atom is -0.270 e. The second-order valence-corrected chi connectivity index (χ2v) is 9.81. The third-order valence-electron chi connectivity index (χ3n) is 4.70. The van der Waals surface area contributed by atoms with E-state index in [1.54, 1.807) is 54.8 Å². The lowest BCUT2D eigenvalue weighted by molar-refractivity contribution is -0.129. The summed E-state index contributed by atoms with van der Waals surface area (Å²) in [4.78, 5) is 0.118. The lowest BCUT2D eigenvalue weighted by atomic mass is 10.2. The van der Waals surface area contributed by atoms with E-state index in [-0.39, 0.29) is 10.6 Å². The van der Waals surface area contributed by atoms with Gasteiger partial charge in [0.2, 0.25) is 10.0 Å². The van der Waals surface area contributed by atoms with E-state index in [4.69, 9.17) is 0 Å². The molecule has 11 heteroatoms. The maximum absolute atomic E-state index is 12.9. The predicted octanol–water partition coefficient (Wildman–Crippen LogP) is 5.01. The van der Waals surface area contributed by atoms with E-state index in [0.717, 1.165) is 11.8 Å². The van der Waals surface area contributed by atoms with Crippen molar-refractivity contribution in [1.29, 1.82) is 0 Å². The Labute approximate surface area is 189 Å². The fraction of sp³-hybridized carbons (Fsp3) is 0.333. The average molecular weight is 485 g/mol. The van der Waals surface area contributed by atoms with Crippen LogP contribution in [0, 0.1) is 0 Å². The van der Waals surface area contributed by atoms with Gasteiger partial charge in [-0.05, 0) is 24.3 Å². The molecule has 0 spiro atoms. The van der Waals surface area contributed by atoms with Crippen LogP contribution in [-0.2, 0) is 10.0 Å². The van der Waals surface area contributed by atoms with Crippen LogP contribution in [0.25, 0.3) is 17.1 Å². The highest BCUT2D eigenvalue weighted by Gasteiger charge is 2.28. The number of nitrogens with zero attached hydrogens (tertiary/aromatic N) is 4. The van der Waals surface area contributed by atoms with Crippen molar-refractivity contribution in [3.05, 3.63) is 54.6 Å². The van der Waals surface area contributed by atoms with Crippen molar-refractivity contribution in [2.24, 2.45) is 0 Å². The quantitative estimate of drug-likeness (QED) is 0.400. The molecule has 3 rings (SSSR count). The number of benzene rings is 2. The van der Waals surface area contributed by atoms with Crippen molar-refractivity contribution in [2.45, 2.75) is 36.5 Å². The molecule has 0 bridgehead atoms. The van der Waals surface area contributed by atoms with E-state index in [1.807, 2.05) is 6.07 Å². The molecular weight excluding hydrogens is 461 g/mol. The van der Waals surface area contributed by atoms with Crippen molar-refractivity contribution >= 4 is 21.8 Å². The van der Waals surface area contributed by atoms with Crippen molar-refractivity contribution in [3.8, 4) is 17.1 Å². The Hall–Kier alpha value is -2.37. The van der Waals surface area contributed by atoms with Crippen LogP contribution in [0.5, 0.6) is 0 Å². The van der Waals surface area contributed by atoms with Gasteiger partial charge >= 0.3 is 6.18 Å². The largest absolute Gasteiger partial charge is 0.389 e. The SMILES string of the molecule is CCN(CC)S(=O)(=O)c1cccc(-c2nnc(SCCC(F)(F)F)n2-c2ccccc2)c1. The summed E-state index contributed by atoms with van der Waals surface area (Å²) < 4.78 is 66.7. The Kier molecular flexibility index (Phi) is 7.63. The van der Waals surface area contributed by atoms with Gasteiger partial charge < -0.3 is 0 Å². The summed E-state index contributed by atoms with van der Waals surface area (Å²) in [5.41, 5.74) is 1.16. The van der Waals surface area contributed by atoms with Crippen LogP contribution >= 0.6 is 11.8 Å². The molecule has 0 radical (unpaired) electrons. The molecule has 32 heavy (non-hydrogen) atoms. The first-order valence-corrected chi connectivity index (χ1v) is 12.4. The Bertz CT molecular complexity index is 1150. The first-order valence-electron chi connectivity index (χ1n) is 9.98. The van der Waals surface area contributed by atoms with Gasteiger partial charge in [-0.25, -0.2) is 8.42 Å². The molecule has 0 aliphatic heterocycles. The number of para-hydroxylation sites is 1. The van der Waals surface area contributed by atoms with Crippen LogP contribution < -0.4 is 0 Å². The van der Waals surface area contributed by atoms with E-state index >= 15 is 0 Å². The second-order valence-electron chi connectivity index (χ2n) is 6.81. The standard InChI is InChI=1S/C21H23F3N4O2S2/c1-3-27(4-2)32(29,30)18-12-8-9-16(15-18)19-25-26-20(31-14-13-21(22,23)24)28(19)17-10-6-5-7-11-17/h5-12,15H,3-4,13-14H2,1-2H3. The van der Waals surface area contributed by atoms with Gasteiger partial charge in [0.05, 0.1) is 11.3 Å². The van der Waals surface area contributed by atoms with E-state index in [9.17, 15) is 21.6 Å².